The van der Waals surface area contributed by atoms with Crippen LogP contribution in [0, 0.1) is 5.82 Å². The molecule has 0 saturated carbocycles. The maximum Gasteiger partial charge on any atom is 0.159 e. The van der Waals surface area contributed by atoms with Crippen LogP contribution < -0.4 is 4.90 Å². The van der Waals surface area contributed by atoms with Crippen LogP contribution in [0.4, 0.5) is 10.1 Å². The van der Waals surface area contributed by atoms with Gasteiger partial charge in [-0.15, -0.1) is 0 Å². The summed E-state index contributed by atoms with van der Waals surface area (Å²) in [6.07, 6.45) is 2.82. The molecule has 0 bridgehead atoms. The fourth-order valence-corrected chi connectivity index (χ4v) is 5.00. The lowest BCUT2D eigenvalue weighted by Crippen LogP contribution is -2.51. The molecule has 4 aromatic rings. The maximum absolute atomic E-state index is 13.5. The molecule has 0 radical (unpaired) electrons. The van der Waals surface area contributed by atoms with Crippen molar-refractivity contribution in [3.63, 3.8) is 0 Å². The topological polar surface area (TPSA) is 73.1 Å². The van der Waals surface area contributed by atoms with E-state index in [4.69, 9.17) is 9.72 Å². The number of hydrogen-bond donors (Lipinski definition) is 2. The average Bonchev–Trinajstić information content (AvgIpc) is 3.53. The van der Waals surface area contributed by atoms with Crippen LogP contribution in [0.3, 0.4) is 0 Å². The van der Waals surface area contributed by atoms with Crippen LogP contribution in [0.15, 0.2) is 36.4 Å². The summed E-state index contributed by atoms with van der Waals surface area (Å²) in [6, 6.07) is 11.3. The first-order valence-corrected chi connectivity index (χ1v) is 11.4. The van der Waals surface area contributed by atoms with Gasteiger partial charge in [-0.3, -0.25) is 5.10 Å². The Bertz CT molecular complexity index is 1260. The zero-order valence-electron chi connectivity index (χ0n) is 18.1. The number of aromatic amines is 2. The Labute approximate surface area is 185 Å². The number of likely N-dealkylation sites (tertiary alicyclic amines) is 1. The molecule has 2 aromatic heterocycles. The van der Waals surface area contributed by atoms with Crippen molar-refractivity contribution in [2.75, 3.05) is 37.7 Å². The maximum atomic E-state index is 13.5. The predicted molar refractivity (Wildman–Crippen MR) is 123 cm³/mol. The Morgan fingerprint density at radius 2 is 2.00 bits per heavy atom. The summed E-state index contributed by atoms with van der Waals surface area (Å²) >= 11 is 0. The third-order valence-electron chi connectivity index (χ3n) is 6.71. The molecule has 8 heteroatoms. The lowest BCUT2D eigenvalue weighted by atomic mass is 10.1. The zero-order chi connectivity index (χ0) is 21.7. The molecule has 2 saturated heterocycles. The Morgan fingerprint density at radius 3 is 2.88 bits per heavy atom. The molecule has 166 valence electrons. The van der Waals surface area contributed by atoms with Gasteiger partial charge in [-0.2, -0.15) is 5.10 Å². The van der Waals surface area contributed by atoms with Gasteiger partial charge in [0.2, 0.25) is 0 Å². The highest BCUT2D eigenvalue weighted by Crippen LogP contribution is 2.30. The highest BCUT2D eigenvalue weighted by atomic mass is 19.1. The molecular formula is C24H27FN6O. The van der Waals surface area contributed by atoms with Gasteiger partial charge < -0.3 is 19.5 Å². The number of nitrogens with one attached hydrogen (secondary N) is 2. The van der Waals surface area contributed by atoms with E-state index in [1.807, 2.05) is 0 Å². The van der Waals surface area contributed by atoms with Crippen LogP contribution in [0.1, 0.15) is 19.8 Å². The Morgan fingerprint density at radius 1 is 1.12 bits per heavy atom. The molecule has 2 aliphatic rings. The second-order valence-corrected chi connectivity index (χ2v) is 9.01. The van der Waals surface area contributed by atoms with E-state index in [2.05, 4.69) is 50.1 Å². The molecule has 6 rings (SSSR count). The minimum Gasteiger partial charge on any atom is -0.373 e. The van der Waals surface area contributed by atoms with E-state index in [9.17, 15) is 4.39 Å². The van der Waals surface area contributed by atoms with Crippen LogP contribution in [-0.2, 0) is 4.74 Å². The van der Waals surface area contributed by atoms with Crippen LogP contribution in [0.5, 0.6) is 0 Å². The summed E-state index contributed by atoms with van der Waals surface area (Å²) in [7, 11) is 0. The number of fused-ring (bicyclic) bond motifs is 2. The quantitative estimate of drug-likeness (QED) is 0.509. The lowest BCUT2D eigenvalue weighted by Gasteiger charge is -2.40. The Kier molecular flexibility index (Phi) is 4.84. The highest BCUT2D eigenvalue weighted by molar-refractivity contribution is 5.93. The largest absolute Gasteiger partial charge is 0.373 e. The van der Waals surface area contributed by atoms with E-state index in [0.29, 0.717) is 23.1 Å². The number of nitrogens with zero attached hydrogens (tertiary/aromatic N) is 4. The first kappa shape index (κ1) is 19.7. The molecule has 0 spiro atoms. The molecule has 32 heavy (non-hydrogen) atoms. The summed E-state index contributed by atoms with van der Waals surface area (Å²) < 4.78 is 19.7. The fraction of sp³-hybridized carbons (Fsp3) is 0.417. The molecule has 0 unspecified atom stereocenters. The zero-order valence-corrected chi connectivity index (χ0v) is 18.1. The van der Waals surface area contributed by atoms with E-state index >= 15 is 0 Å². The molecule has 2 atom stereocenters. The Hall–Kier alpha value is -2.97. The third kappa shape index (κ3) is 3.53. The predicted octanol–water partition coefficient (Wildman–Crippen LogP) is 3.93. The average molecular weight is 435 g/mol. The van der Waals surface area contributed by atoms with E-state index < -0.39 is 0 Å². The number of H-pyrrole nitrogens is 2. The summed E-state index contributed by atoms with van der Waals surface area (Å²) in [4.78, 5) is 13.1. The van der Waals surface area contributed by atoms with Crippen LogP contribution >= 0.6 is 0 Å². The van der Waals surface area contributed by atoms with Gasteiger partial charge in [0.25, 0.3) is 0 Å². The van der Waals surface area contributed by atoms with Crippen LogP contribution in [0.25, 0.3) is 33.5 Å². The van der Waals surface area contributed by atoms with Gasteiger partial charge in [-0.05, 0) is 69.3 Å². The normalized spacial score (nSPS) is 22.4. The molecule has 7 nitrogen and oxygen atoms in total. The van der Waals surface area contributed by atoms with Crippen molar-refractivity contribution in [1.29, 1.82) is 0 Å². The number of halogens is 1. The number of imidazole rings is 1. The second-order valence-electron chi connectivity index (χ2n) is 9.01. The highest BCUT2D eigenvalue weighted by Gasteiger charge is 2.28. The van der Waals surface area contributed by atoms with E-state index in [1.165, 1.54) is 43.8 Å². The third-order valence-corrected chi connectivity index (χ3v) is 6.71. The van der Waals surface area contributed by atoms with E-state index in [-0.39, 0.29) is 11.9 Å². The van der Waals surface area contributed by atoms with Crippen molar-refractivity contribution in [1.82, 2.24) is 25.1 Å². The number of benzene rings is 2. The smallest absolute Gasteiger partial charge is 0.159 e. The first-order chi connectivity index (χ1) is 15.6. The van der Waals surface area contributed by atoms with Crippen LogP contribution in [0.2, 0.25) is 0 Å². The number of rotatable bonds is 4. The Balaban J connectivity index is 1.28. The minimum absolute atomic E-state index is 0.230. The van der Waals surface area contributed by atoms with Gasteiger partial charge in [0.05, 0.1) is 29.3 Å². The number of anilines is 1. The summed E-state index contributed by atoms with van der Waals surface area (Å²) in [5.74, 6) is 0.390. The molecule has 0 aliphatic carbocycles. The number of hydrogen-bond acceptors (Lipinski definition) is 5. The van der Waals surface area contributed by atoms with Gasteiger partial charge >= 0.3 is 0 Å². The molecule has 2 aromatic carbocycles. The number of morpholine rings is 1. The van der Waals surface area contributed by atoms with Crippen molar-refractivity contribution in [2.24, 2.45) is 0 Å². The van der Waals surface area contributed by atoms with Crippen molar-refractivity contribution in [3.05, 3.63) is 42.2 Å². The van der Waals surface area contributed by atoms with E-state index in [1.54, 1.807) is 6.07 Å². The molecule has 4 heterocycles. The summed E-state index contributed by atoms with van der Waals surface area (Å²) in [5.41, 5.74) is 4.38. The van der Waals surface area contributed by atoms with Gasteiger partial charge in [0.1, 0.15) is 11.5 Å². The first-order valence-electron chi connectivity index (χ1n) is 11.4. The van der Waals surface area contributed by atoms with Crippen molar-refractivity contribution < 1.29 is 9.13 Å². The standard InChI is InChI=1S/C24H27FN6O/c1-15-14-32-18(12-30-8-2-3-9-30)13-31(15)17-5-7-20-22(11-17)27-24(26-20)23-19-6-4-16(25)10-21(19)28-29-23/h4-7,10-11,15,18H,2-3,8-9,12-14H2,1H3,(H,26,27)(H,28,29)/t15-,18-/m1/s1. The van der Waals surface area contributed by atoms with Crippen molar-refractivity contribution in [2.45, 2.75) is 31.9 Å². The van der Waals surface area contributed by atoms with E-state index in [0.717, 1.165) is 36.1 Å². The van der Waals surface area contributed by atoms with Crippen molar-refractivity contribution >= 4 is 27.6 Å². The van der Waals surface area contributed by atoms with Crippen LogP contribution in [-0.4, -0.2) is 70.0 Å². The number of aromatic nitrogens is 4. The van der Waals surface area contributed by atoms with Crippen molar-refractivity contribution in [3.8, 4) is 11.5 Å². The molecule has 2 aliphatic heterocycles. The molecular weight excluding hydrogens is 407 g/mol. The fourth-order valence-electron chi connectivity index (χ4n) is 5.00. The van der Waals surface area contributed by atoms with Gasteiger partial charge in [0.15, 0.2) is 5.82 Å². The SMILES string of the molecule is C[C@@H]1CO[C@H](CN2CCCC2)CN1c1ccc2nc(-c3n[nH]c4cc(F)ccc34)[nH]c2c1. The minimum atomic E-state index is -0.287. The van der Waals surface area contributed by atoms with Gasteiger partial charge in [0, 0.05) is 30.2 Å². The molecule has 0 amide bonds. The van der Waals surface area contributed by atoms with Gasteiger partial charge in [-0.1, -0.05) is 0 Å². The lowest BCUT2D eigenvalue weighted by molar-refractivity contribution is 0.00482. The summed E-state index contributed by atoms with van der Waals surface area (Å²) in [6.45, 7) is 7.22. The molecule has 2 fully saturated rings. The summed E-state index contributed by atoms with van der Waals surface area (Å²) in [5, 5.41) is 8.11. The second kappa shape index (κ2) is 7.86. The number of ether oxygens (including phenoxy) is 1. The monoisotopic (exact) mass is 434 g/mol. The molecule has 2 N–H and O–H groups in total. The van der Waals surface area contributed by atoms with Gasteiger partial charge in [-0.25, -0.2) is 9.37 Å².